The highest BCUT2D eigenvalue weighted by Crippen LogP contribution is 2.27. The van der Waals surface area contributed by atoms with Crippen molar-refractivity contribution in [1.82, 2.24) is 9.97 Å². The zero-order valence-electron chi connectivity index (χ0n) is 19.8. The lowest BCUT2D eigenvalue weighted by atomic mass is 10.1. The Bertz CT molecular complexity index is 1580. The van der Waals surface area contributed by atoms with E-state index < -0.39 is 23.1 Å². The Hall–Kier alpha value is -3.61. The number of ether oxygens (including phenoxy) is 1. The van der Waals surface area contributed by atoms with Gasteiger partial charge >= 0.3 is 0 Å². The molecule has 200 valence electrons. The number of aromatic nitrogens is 2. The summed E-state index contributed by atoms with van der Waals surface area (Å²) in [5, 5.41) is 6.05. The van der Waals surface area contributed by atoms with Crippen LogP contribution >= 0.6 is 38.6 Å². The molecule has 0 aliphatic carbocycles. The van der Waals surface area contributed by atoms with Crippen molar-refractivity contribution in [2.75, 3.05) is 0 Å². The van der Waals surface area contributed by atoms with Crippen molar-refractivity contribution in [1.29, 1.82) is 0 Å². The van der Waals surface area contributed by atoms with Crippen LogP contribution in [0, 0.1) is 23.3 Å². The van der Waals surface area contributed by atoms with Gasteiger partial charge in [0, 0.05) is 21.9 Å². The Balaban J connectivity index is 0.000000212. The van der Waals surface area contributed by atoms with E-state index in [1.165, 1.54) is 35.6 Å². The standard InChI is InChI=1S/C17H11F3N2O2S.C10H7BrFNS/c18-10-3-1-9(2-4-10)12-8-25-14(22-12)7-24-13-6-5-11(19)15(16(13)20)17(21)23;11-5-10-13-9(6-14-10)7-1-3-8(12)4-2-7/h1-6,8H,7H2,(H2,21,23);1-4,6H,5H2. The van der Waals surface area contributed by atoms with Crippen LogP contribution in [0.2, 0.25) is 0 Å². The molecule has 5 rings (SSSR count). The molecular formula is C27H18BrF4N3O2S2. The number of hydrogen-bond acceptors (Lipinski definition) is 6. The second-order valence-electron chi connectivity index (χ2n) is 7.79. The number of hydrogen-bond donors (Lipinski definition) is 1. The highest BCUT2D eigenvalue weighted by molar-refractivity contribution is 9.08. The van der Waals surface area contributed by atoms with E-state index in [4.69, 9.17) is 10.5 Å². The van der Waals surface area contributed by atoms with Gasteiger partial charge in [0.15, 0.2) is 11.6 Å². The normalized spacial score (nSPS) is 10.6. The summed E-state index contributed by atoms with van der Waals surface area (Å²) in [6.07, 6.45) is 0. The first kappa shape index (κ1) is 28.4. The summed E-state index contributed by atoms with van der Waals surface area (Å²) in [5.74, 6) is -4.28. The molecule has 0 aliphatic rings. The molecule has 5 nitrogen and oxygen atoms in total. The third-order valence-corrected chi connectivity index (χ3v) is 7.72. The first-order valence-corrected chi connectivity index (χ1v) is 14.0. The minimum Gasteiger partial charge on any atom is -0.483 e. The Morgan fingerprint density at radius 3 is 1.79 bits per heavy atom. The van der Waals surface area contributed by atoms with Gasteiger partial charge in [-0.05, 0) is 60.7 Å². The first-order valence-electron chi connectivity index (χ1n) is 11.1. The van der Waals surface area contributed by atoms with Gasteiger partial charge in [-0.15, -0.1) is 22.7 Å². The van der Waals surface area contributed by atoms with Gasteiger partial charge < -0.3 is 10.5 Å². The van der Waals surface area contributed by atoms with Crippen molar-refractivity contribution in [3.05, 3.63) is 110 Å². The third-order valence-electron chi connectivity index (χ3n) is 5.15. The number of primary amides is 1. The number of amides is 1. The number of benzene rings is 3. The van der Waals surface area contributed by atoms with Crippen LogP contribution < -0.4 is 10.5 Å². The topological polar surface area (TPSA) is 78.1 Å². The SMILES string of the molecule is Fc1ccc(-c2csc(CBr)n2)cc1.NC(=O)c1c(F)ccc(OCc2nc(-c3ccc(F)cc3)cs2)c1F. The van der Waals surface area contributed by atoms with Crippen LogP contribution in [0.5, 0.6) is 5.75 Å². The van der Waals surface area contributed by atoms with E-state index in [-0.39, 0.29) is 24.0 Å². The van der Waals surface area contributed by atoms with Crippen molar-refractivity contribution < 1.29 is 27.1 Å². The van der Waals surface area contributed by atoms with Gasteiger partial charge in [0.25, 0.3) is 5.91 Å². The smallest absolute Gasteiger partial charge is 0.254 e. The monoisotopic (exact) mass is 635 g/mol. The van der Waals surface area contributed by atoms with Crippen LogP contribution in [0.15, 0.2) is 71.4 Å². The molecule has 12 heteroatoms. The second kappa shape index (κ2) is 13.0. The summed E-state index contributed by atoms with van der Waals surface area (Å²) in [5.41, 5.74) is 7.33. The summed E-state index contributed by atoms with van der Waals surface area (Å²) >= 11 is 6.21. The van der Waals surface area contributed by atoms with Gasteiger partial charge in [-0.2, -0.15) is 0 Å². The Morgan fingerprint density at radius 1 is 0.795 bits per heavy atom. The number of nitrogens with two attached hydrogens (primary N) is 1. The van der Waals surface area contributed by atoms with E-state index in [0.717, 1.165) is 39.3 Å². The van der Waals surface area contributed by atoms with Gasteiger partial charge in [0.2, 0.25) is 0 Å². The highest BCUT2D eigenvalue weighted by atomic mass is 79.9. The van der Waals surface area contributed by atoms with Gasteiger partial charge in [-0.1, -0.05) is 15.9 Å². The van der Waals surface area contributed by atoms with Gasteiger partial charge in [-0.25, -0.2) is 27.5 Å². The molecule has 2 aromatic heterocycles. The Kier molecular flexibility index (Phi) is 9.44. The van der Waals surface area contributed by atoms with E-state index in [9.17, 15) is 22.4 Å². The summed E-state index contributed by atoms with van der Waals surface area (Å²) in [4.78, 5) is 19.8. The van der Waals surface area contributed by atoms with Crippen molar-refractivity contribution in [3.8, 4) is 28.3 Å². The summed E-state index contributed by atoms with van der Waals surface area (Å²) in [7, 11) is 0. The summed E-state index contributed by atoms with van der Waals surface area (Å²) in [6, 6.07) is 14.2. The zero-order valence-corrected chi connectivity index (χ0v) is 23.1. The molecule has 0 unspecified atom stereocenters. The number of rotatable bonds is 7. The number of carbonyl (C=O) groups excluding carboxylic acids is 1. The molecule has 1 amide bonds. The molecule has 0 aliphatic heterocycles. The van der Waals surface area contributed by atoms with E-state index in [0.29, 0.717) is 10.7 Å². The lowest BCUT2D eigenvalue weighted by molar-refractivity contribution is 0.0991. The van der Waals surface area contributed by atoms with Gasteiger partial charge in [0.1, 0.15) is 39.6 Å². The van der Waals surface area contributed by atoms with Crippen LogP contribution in [-0.2, 0) is 11.9 Å². The predicted octanol–water partition coefficient (Wildman–Crippen LogP) is 7.75. The Labute approximate surface area is 237 Å². The molecule has 0 saturated heterocycles. The van der Waals surface area contributed by atoms with Crippen molar-refractivity contribution >= 4 is 44.5 Å². The largest absolute Gasteiger partial charge is 0.483 e. The van der Waals surface area contributed by atoms with Crippen LogP contribution in [0.1, 0.15) is 20.4 Å². The number of carbonyl (C=O) groups is 1. The molecular weight excluding hydrogens is 618 g/mol. The van der Waals surface area contributed by atoms with Crippen LogP contribution in [0.25, 0.3) is 22.5 Å². The fourth-order valence-electron chi connectivity index (χ4n) is 3.27. The number of halogens is 5. The van der Waals surface area contributed by atoms with E-state index in [1.807, 2.05) is 5.38 Å². The average Bonchev–Trinajstić information content (AvgIpc) is 3.60. The molecule has 0 saturated carbocycles. The second-order valence-corrected chi connectivity index (χ2v) is 10.2. The molecule has 0 spiro atoms. The van der Waals surface area contributed by atoms with Crippen molar-refractivity contribution in [3.63, 3.8) is 0 Å². The molecule has 39 heavy (non-hydrogen) atoms. The van der Waals surface area contributed by atoms with Gasteiger partial charge in [0.05, 0.1) is 16.7 Å². The summed E-state index contributed by atoms with van der Waals surface area (Å²) in [6.45, 7) is -0.0768. The van der Waals surface area contributed by atoms with E-state index in [2.05, 4.69) is 25.9 Å². The average molecular weight is 636 g/mol. The maximum atomic E-state index is 14.1. The molecule has 0 bridgehead atoms. The molecule has 3 aromatic carbocycles. The zero-order chi connectivity index (χ0) is 27.9. The van der Waals surface area contributed by atoms with E-state index in [1.54, 1.807) is 41.0 Å². The summed E-state index contributed by atoms with van der Waals surface area (Å²) < 4.78 is 58.4. The third kappa shape index (κ3) is 7.28. The van der Waals surface area contributed by atoms with Crippen molar-refractivity contribution in [2.45, 2.75) is 11.9 Å². The molecule has 5 aromatic rings. The quantitative estimate of drug-likeness (QED) is 0.146. The maximum absolute atomic E-state index is 14.1. The van der Waals surface area contributed by atoms with Crippen LogP contribution in [0.4, 0.5) is 17.6 Å². The number of nitrogens with zero attached hydrogens (tertiary/aromatic N) is 2. The van der Waals surface area contributed by atoms with Gasteiger partial charge in [-0.3, -0.25) is 4.79 Å². The maximum Gasteiger partial charge on any atom is 0.254 e. The fraction of sp³-hybridized carbons (Fsp3) is 0.0741. The van der Waals surface area contributed by atoms with E-state index >= 15 is 0 Å². The number of alkyl halides is 1. The lowest BCUT2D eigenvalue weighted by Crippen LogP contribution is -2.16. The molecule has 0 radical (unpaired) electrons. The lowest BCUT2D eigenvalue weighted by Gasteiger charge is -2.08. The molecule has 2 heterocycles. The van der Waals surface area contributed by atoms with Crippen LogP contribution in [0.3, 0.4) is 0 Å². The minimum atomic E-state index is -1.21. The Morgan fingerprint density at radius 2 is 1.31 bits per heavy atom. The molecule has 0 atom stereocenters. The molecule has 2 N–H and O–H groups in total. The minimum absolute atomic E-state index is 0.0768. The predicted molar refractivity (Wildman–Crippen MR) is 147 cm³/mol. The first-order chi connectivity index (χ1) is 18.7. The highest BCUT2D eigenvalue weighted by Gasteiger charge is 2.19. The fourth-order valence-corrected chi connectivity index (χ4v) is 5.15. The van der Waals surface area contributed by atoms with Crippen LogP contribution in [-0.4, -0.2) is 15.9 Å². The molecule has 0 fully saturated rings. The van der Waals surface area contributed by atoms with Crippen molar-refractivity contribution in [2.24, 2.45) is 5.73 Å². The number of thiazole rings is 2.